The molecule has 0 aromatic carbocycles. The van der Waals surface area contributed by atoms with Gasteiger partial charge in [-0.25, -0.2) is 0 Å². The van der Waals surface area contributed by atoms with Crippen molar-refractivity contribution in [3.8, 4) is 0 Å². The van der Waals surface area contributed by atoms with Gasteiger partial charge in [0.15, 0.2) is 5.82 Å². The van der Waals surface area contributed by atoms with E-state index in [1.165, 1.54) is 12.8 Å². The van der Waals surface area contributed by atoms with Crippen LogP contribution in [-0.2, 0) is 0 Å². The number of aromatic nitrogens is 2. The first-order valence-electron chi connectivity index (χ1n) is 7.16. The molecule has 5 nitrogen and oxygen atoms in total. The standard InChI is InChI=1S/C13H22N4O/c1-2-17-8-4-3-5-11(17)12-15-13(18-16-12)10-6-7-14-9-10/h10-11,14H,2-9H2,1H3. The van der Waals surface area contributed by atoms with Crippen LogP contribution in [0.15, 0.2) is 4.52 Å². The molecule has 5 heteroatoms. The van der Waals surface area contributed by atoms with E-state index in [9.17, 15) is 0 Å². The minimum Gasteiger partial charge on any atom is -0.339 e. The summed E-state index contributed by atoms with van der Waals surface area (Å²) in [6, 6.07) is 0.371. The Hall–Kier alpha value is -0.940. The average molecular weight is 250 g/mol. The number of piperidine rings is 1. The van der Waals surface area contributed by atoms with Crippen molar-refractivity contribution in [2.24, 2.45) is 0 Å². The second-order valence-electron chi connectivity index (χ2n) is 5.32. The van der Waals surface area contributed by atoms with Gasteiger partial charge in [0.05, 0.1) is 12.0 Å². The molecule has 0 radical (unpaired) electrons. The summed E-state index contributed by atoms with van der Waals surface area (Å²) in [6.45, 7) is 6.48. The van der Waals surface area contributed by atoms with Gasteiger partial charge in [0.1, 0.15) is 0 Å². The predicted octanol–water partition coefficient (Wildman–Crippen LogP) is 1.69. The highest BCUT2D eigenvalue weighted by Crippen LogP contribution is 2.30. The molecule has 0 aliphatic carbocycles. The maximum atomic E-state index is 5.47. The summed E-state index contributed by atoms with van der Waals surface area (Å²) in [6.07, 6.45) is 4.84. The summed E-state index contributed by atoms with van der Waals surface area (Å²) in [5.74, 6) is 2.15. The van der Waals surface area contributed by atoms with Crippen molar-refractivity contribution in [1.29, 1.82) is 0 Å². The Balaban J connectivity index is 1.74. The SMILES string of the molecule is CCN1CCCCC1c1noc(C2CCNC2)n1. The lowest BCUT2D eigenvalue weighted by Crippen LogP contribution is -2.33. The third kappa shape index (κ3) is 2.29. The lowest BCUT2D eigenvalue weighted by atomic mass is 10.0. The maximum absolute atomic E-state index is 5.47. The number of nitrogens with one attached hydrogen (secondary N) is 1. The molecule has 0 spiro atoms. The molecule has 0 bridgehead atoms. The first-order chi connectivity index (χ1) is 8.88. The molecule has 2 aliphatic heterocycles. The van der Waals surface area contributed by atoms with Gasteiger partial charge in [-0.15, -0.1) is 0 Å². The Morgan fingerprint density at radius 2 is 2.33 bits per heavy atom. The fraction of sp³-hybridized carbons (Fsp3) is 0.846. The Morgan fingerprint density at radius 1 is 1.39 bits per heavy atom. The van der Waals surface area contributed by atoms with E-state index in [1.807, 2.05) is 0 Å². The van der Waals surface area contributed by atoms with Gasteiger partial charge in [-0.3, -0.25) is 4.90 Å². The molecule has 0 saturated carbocycles. The fourth-order valence-corrected chi connectivity index (χ4v) is 3.08. The van der Waals surface area contributed by atoms with Crippen LogP contribution >= 0.6 is 0 Å². The average Bonchev–Trinajstić information content (AvgIpc) is 3.09. The summed E-state index contributed by atoms with van der Waals surface area (Å²) < 4.78 is 5.47. The zero-order chi connectivity index (χ0) is 12.4. The molecule has 1 N–H and O–H groups in total. The molecular weight excluding hydrogens is 228 g/mol. The van der Waals surface area contributed by atoms with E-state index in [2.05, 4.69) is 27.3 Å². The first-order valence-corrected chi connectivity index (χ1v) is 7.16. The van der Waals surface area contributed by atoms with E-state index in [-0.39, 0.29) is 0 Å². The van der Waals surface area contributed by atoms with Crippen LogP contribution in [0.5, 0.6) is 0 Å². The van der Waals surface area contributed by atoms with Crippen LogP contribution in [0.25, 0.3) is 0 Å². The molecule has 3 heterocycles. The molecule has 2 aliphatic rings. The van der Waals surface area contributed by atoms with Crippen LogP contribution in [-0.4, -0.2) is 41.2 Å². The largest absolute Gasteiger partial charge is 0.339 e. The Morgan fingerprint density at radius 3 is 3.11 bits per heavy atom. The second-order valence-corrected chi connectivity index (χ2v) is 5.32. The van der Waals surface area contributed by atoms with Crippen molar-refractivity contribution in [2.45, 2.75) is 44.6 Å². The summed E-state index contributed by atoms with van der Waals surface area (Å²) in [5.41, 5.74) is 0. The van der Waals surface area contributed by atoms with E-state index >= 15 is 0 Å². The quantitative estimate of drug-likeness (QED) is 0.884. The Bertz CT molecular complexity index is 386. The van der Waals surface area contributed by atoms with Crippen LogP contribution in [0.1, 0.15) is 56.3 Å². The summed E-state index contributed by atoms with van der Waals surface area (Å²) >= 11 is 0. The van der Waals surface area contributed by atoms with Crippen molar-refractivity contribution < 1.29 is 4.52 Å². The normalized spacial score (nSPS) is 29.8. The molecular formula is C13H22N4O. The van der Waals surface area contributed by atoms with E-state index < -0.39 is 0 Å². The Kier molecular flexibility index (Phi) is 3.61. The third-order valence-electron chi connectivity index (χ3n) is 4.18. The number of rotatable bonds is 3. The highest BCUT2D eigenvalue weighted by atomic mass is 16.5. The van der Waals surface area contributed by atoms with Crippen LogP contribution in [0.4, 0.5) is 0 Å². The molecule has 2 fully saturated rings. The highest BCUT2D eigenvalue weighted by molar-refractivity contribution is 5.02. The lowest BCUT2D eigenvalue weighted by molar-refractivity contribution is 0.147. The molecule has 2 unspecified atom stereocenters. The molecule has 1 aromatic heterocycles. The van der Waals surface area contributed by atoms with Gasteiger partial charge >= 0.3 is 0 Å². The molecule has 3 rings (SSSR count). The topological polar surface area (TPSA) is 54.2 Å². The minimum atomic E-state index is 0.371. The van der Waals surface area contributed by atoms with Crippen molar-refractivity contribution >= 4 is 0 Å². The number of nitrogens with zero attached hydrogens (tertiary/aromatic N) is 3. The van der Waals surface area contributed by atoms with Gasteiger partial charge in [0.2, 0.25) is 5.89 Å². The van der Waals surface area contributed by atoms with Crippen LogP contribution < -0.4 is 5.32 Å². The van der Waals surface area contributed by atoms with E-state index in [4.69, 9.17) is 4.52 Å². The van der Waals surface area contributed by atoms with Gasteiger partial charge in [0, 0.05) is 6.54 Å². The zero-order valence-corrected chi connectivity index (χ0v) is 11.1. The van der Waals surface area contributed by atoms with Crippen molar-refractivity contribution in [3.05, 3.63) is 11.7 Å². The maximum Gasteiger partial charge on any atom is 0.231 e. The van der Waals surface area contributed by atoms with Crippen LogP contribution in [0, 0.1) is 0 Å². The van der Waals surface area contributed by atoms with E-state index in [1.54, 1.807) is 0 Å². The molecule has 100 valence electrons. The van der Waals surface area contributed by atoms with Crippen molar-refractivity contribution in [2.75, 3.05) is 26.2 Å². The molecule has 2 saturated heterocycles. The third-order valence-corrected chi connectivity index (χ3v) is 4.18. The van der Waals surface area contributed by atoms with Gasteiger partial charge in [-0.05, 0) is 38.9 Å². The van der Waals surface area contributed by atoms with Crippen LogP contribution in [0.3, 0.4) is 0 Å². The smallest absolute Gasteiger partial charge is 0.231 e. The molecule has 18 heavy (non-hydrogen) atoms. The first kappa shape index (κ1) is 12.1. The summed E-state index contributed by atoms with van der Waals surface area (Å²) in [7, 11) is 0. The molecule has 2 atom stereocenters. The van der Waals surface area contributed by atoms with Crippen molar-refractivity contribution in [1.82, 2.24) is 20.4 Å². The second kappa shape index (κ2) is 5.36. The van der Waals surface area contributed by atoms with E-state index in [0.717, 1.165) is 50.7 Å². The molecule has 1 aromatic rings. The van der Waals surface area contributed by atoms with Gasteiger partial charge in [0.25, 0.3) is 0 Å². The van der Waals surface area contributed by atoms with Gasteiger partial charge in [-0.2, -0.15) is 4.98 Å². The molecule has 0 amide bonds. The lowest BCUT2D eigenvalue weighted by Gasteiger charge is -2.32. The summed E-state index contributed by atoms with van der Waals surface area (Å²) in [5, 5.41) is 7.57. The fourth-order valence-electron chi connectivity index (χ4n) is 3.08. The Labute approximate surface area is 108 Å². The number of hydrogen-bond acceptors (Lipinski definition) is 5. The monoisotopic (exact) mass is 250 g/mol. The van der Waals surface area contributed by atoms with E-state index in [0.29, 0.717) is 12.0 Å². The number of likely N-dealkylation sites (tertiary alicyclic amines) is 1. The van der Waals surface area contributed by atoms with Crippen molar-refractivity contribution in [3.63, 3.8) is 0 Å². The predicted molar refractivity (Wildman–Crippen MR) is 68.4 cm³/mol. The number of hydrogen-bond donors (Lipinski definition) is 1. The highest BCUT2D eigenvalue weighted by Gasteiger charge is 2.29. The van der Waals surface area contributed by atoms with Gasteiger partial charge in [-0.1, -0.05) is 18.5 Å². The van der Waals surface area contributed by atoms with Crippen LogP contribution in [0.2, 0.25) is 0 Å². The van der Waals surface area contributed by atoms with Gasteiger partial charge < -0.3 is 9.84 Å². The summed E-state index contributed by atoms with van der Waals surface area (Å²) in [4.78, 5) is 7.12. The minimum absolute atomic E-state index is 0.371. The zero-order valence-electron chi connectivity index (χ0n) is 11.1.